The van der Waals surface area contributed by atoms with Crippen molar-refractivity contribution >= 4 is 0 Å². The zero-order valence-electron chi connectivity index (χ0n) is 9.55. The number of phenolic OH excluding ortho intramolecular Hbond substituents is 1. The summed E-state index contributed by atoms with van der Waals surface area (Å²) in [6.45, 7) is -0.459. The van der Waals surface area contributed by atoms with Crippen LogP contribution in [0.5, 0.6) is 5.75 Å². The first-order valence-corrected chi connectivity index (χ1v) is 5.64. The van der Waals surface area contributed by atoms with Crippen molar-refractivity contribution in [3.05, 3.63) is 29.8 Å². The Morgan fingerprint density at radius 2 is 1.56 bits per heavy atom. The molecule has 6 heteroatoms. The number of hydrogen-bond donors (Lipinski definition) is 5. The number of phenols is 1. The van der Waals surface area contributed by atoms with Crippen molar-refractivity contribution in [3.63, 3.8) is 0 Å². The fraction of sp³-hybridized carbons (Fsp3) is 0.500. The summed E-state index contributed by atoms with van der Waals surface area (Å²) < 4.78 is 5.36. The molecule has 1 aromatic rings. The summed E-state index contributed by atoms with van der Waals surface area (Å²) in [6, 6.07) is 5.94. The lowest BCUT2D eigenvalue weighted by atomic mass is 9.91. The highest BCUT2D eigenvalue weighted by atomic mass is 16.5. The molecular formula is C12H16O6. The topological polar surface area (TPSA) is 110 Å². The molecule has 1 aliphatic heterocycles. The molecular weight excluding hydrogens is 240 g/mol. The van der Waals surface area contributed by atoms with Gasteiger partial charge in [-0.3, -0.25) is 0 Å². The lowest BCUT2D eigenvalue weighted by molar-refractivity contribution is -0.231. The zero-order valence-corrected chi connectivity index (χ0v) is 9.55. The van der Waals surface area contributed by atoms with Crippen molar-refractivity contribution in [2.45, 2.75) is 30.5 Å². The first-order chi connectivity index (χ1) is 8.54. The molecule has 0 unspecified atom stereocenters. The van der Waals surface area contributed by atoms with Crippen molar-refractivity contribution < 1.29 is 30.3 Å². The number of aromatic hydroxyl groups is 1. The summed E-state index contributed by atoms with van der Waals surface area (Å²) in [5.41, 5.74) is 0.546. The standard InChI is InChI=1S/C12H16O6/c13-5-8-9(15)10(16)11(17)12(18-8)6-1-3-7(14)4-2-6/h1-4,8-17H,5H2/t8-,9-,10+,11-,12+/m1/s1. The van der Waals surface area contributed by atoms with Gasteiger partial charge in [0, 0.05) is 0 Å². The normalized spacial score (nSPS) is 36.6. The van der Waals surface area contributed by atoms with Gasteiger partial charge in [-0.25, -0.2) is 0 Å². The molecule has 1 aromatic carbocycles. The van der Waals surface area contributed by atoms with Crippen LogP contribution in [0.25, 0.3) is 0 Å². The first kappa shape index (κ1) is 13.3. The van der Waals surface area contributed by atoms with Crippen LogP contribution in [0.2, 0.25) is 0 Å². The van der Waals surface area contributed by atoms with Crippen LogP contribution < -0.4 is 0 Å². The number of aliphatic hydroxyl groups is 4. The van der Waals surface area contributed by atoms with Crippen LogP contribution in [-0.4, -0.2) is 56.6 Å². The highest BCUT2D eigenvalue weighted by molar-refractivity contribution is 5.28. The lowest BCUT2D eigenvalue weighted by Crippen LogP contribution is -2.55. The second-order valence-electron chi connectivity index (χ2n) is 4.34. The van der Waals surface area contributed by atoms with E-state index in [9.17, 15) is 20.4 Å². The van der Waals surface area contributed by atoms with E-state index in [1.54, 1.807) is 12.1 Å². The molecule has 0 bridgehead atoms. The van der Waals surface area contributed by atoms with Crippen LogP contribution in [0.1, 0.15) is 11.7 Å². The highest BCUT2D eigenvalue weighted by Crippen LogP contribution is 2.32. The maximum absolute atomic E-state index is 9.86. The zero-order chi connectivity index (χ0) is 13.3. The summed E-state index contributed by atoms with van der Waals surface area (Å²) in [5.74, 6) is 0.0725. The third-order valence-electron chi connectivity index (χ3n) is 3.11. The van der Waals surface area contributed by atoms with Crippen LogP contribution in [0.15, 0.2) is 24.3 Å². The fourth-order valence-corrected chi connectivity index (χ4v) is 2.04. The van der Waals surface area contributed by atoms with Crippen LogP contribution in [-0.2, 0) is 4.74 Å². The monoisotopic (exact) mass is 256 g/mol. The number of hydrogen-bond acceptors (Lipinski definition) is 6. The average Bonchev–Trinajstić information content (AvgIpc) is 2.38. The SMILES string of the molecule is OC[C@H]1O[C@@H](c2ccc(O)cc2)[C@H](O)[C@@H](O)[C@@H]1O. The molecule has 1 heterocycles. The Morgan fingerprint density at radius 3 is 2.11 bits per heavy atom. The third-order valence-corrected chi connectivity index (χ3v) is 3.11. The summed E-state index contributed by atoms with van der Waals surface area (Å²) in [7, 11) is 0. The number of rotatable bonds is 2. The van der Waals surface area contributed by atoms with E-state index in [1.165, 1.54) is 12.1 Å². The highest BCUT2D eigenvalue weighted by Gasteiger charge is 2.43. The predicted octanol–water partition coefficient (Wildman–Crippen LogP) is -1.09. The summed E-state index contributed by atoms with van der Waals surface area (Å²) >= 11 is 0. The van der Waals surface area contributed by atoms with E-state index in [-0.39, 0.29) is 5.75 Å². The van der Waals surface area contributed by atoms with Gasteiger partial charge in [-0.05, 0) is 17.7 Å². The molecule has 1 aliphatic rings. The van der Waals surface area contributed by atoms with Crippen molar-refractivity contribution in [1.82, 2.24) is 0 Å². The molecule has 0 aromatic heterocycles. The van der Waals surface area contributed by atoms with E-state index >= 15 is 0 Å². The molecule has 0 saturated carbocycles. The van der Waals surface area contributed by atoms with Gasteiger partial charge in [0.15, 0.2) is 0 Å². The van der Waals surface area contributed by atoms with Gasteiger partial charge in [0.2, 0.25) is 0 Å². The molecule has 100 valence electrons. The quantitative estimate of drug-likeness (QED) is 0.460. The molecule has 0 radical (unpaired) electrons. The average molecular weight is 256 g/mol. The number of benzene rings is 1. The maximum Gasteiger partial charge on any atom is 0.115 e. The molecule has 5 atom stereocenters. The van der Waals surface area contributed by atoms with Gasteiger partial charge in [-0.2, -0.15) is 0 Å². The largest absolute Gasteiger partial charge is 0.508 e. The Labute approximate surface area is 104 Å². The summed E-state index contributed by atoms with van der Waals surface area (Å²) in [5, 5.41) is 47.4. The van der Waals surface area contributed by atoms with Crippen LogP contribution >= 0.6 is 0 Å². The Kier molecular flexibility index (Phi) is 3.84. The Morgan fingerprint density at radius 1 is 0.944 bits per heavy atom. The summed E-state index contributed by atoms with van der Waals surface area (Å²) in [6.07, 6.45) is -5.84. The van der Waals surface area contributed by atoms with Gasteiger partial charge < -0.3 is 30.3 Å². The minimum atomic E-state index is -1.39. The van der Waals surface area contributed by atoms with Crippen LogP contribution in [0, 0.1) is 0 Å². The molecule has 18 heavy (non-hydrogen) atoms. The maximum atomic E-state index is 9.86. The van der Waals surface area contributed by atoms with Crippen LogP contribution in [0.4, 0.5) is 0 Å². The Hall–Kier alpha value is -1.18. The van der Waals surface area contributed by atoms with E-state index < -0.39 is 37.1 Å². The van der Waals surface area contributed by atoms with Gasteiger partial charge in [0.05, 0.1) is 6.61 Å². The van der Waals surface area contributed by atoms with Crippen molar-refractivity contribution in [2.75, 3.05) is 6.61 Å². The smallest absolute Gasteiger partial charge is 0.115 e. The van der Waals surface area contributed by atoms with Gasteiger partial charge in [0.25, 0.3) is 0 Å². The Balaban J connectivity index is 2.24. The molecule has 5 N–H and O–H groups in total. The summed E-state index contributed by atoms with van der Waals surface area (Å²) in [4.78, 5) is 0. The van der Waals surface area contributed by atoms with Crippen molar-refractivity contribution in [2.24, 2.45) is 0 Å². The molecule has 0 amide bonds. The van der Waals surface area contributed by atoms with Gasteiger partial charge >= 0.3 is 0 Å². The molecule has 2 rings (SSSR count). The molecule has 1 fully saturated rings. The van der Waals surface area contributed by atoms with E-state index in [1.807, 2.05) is 0 Å². The number of ether oxygens (including phenoxy) is 1. The van der Waals surface area contributed by atoms with Crippen LogP contribution in [0.3, 0.4) is 0 Å². The molecule has 0 aliphatic carbocycles. The minimum absolute atomic E-state index is 0.0725. The van der Waals surface area contributed by atoms with Crippen molar-refractivity contribution in [1.29, 1.82) is 0 Å². The third kappa shape index (κ3) is 2.33. The molecule has 6 nitrogen and oxygen atoms in total. The van der Waals surface area contributed by atoms with E-state index in [0.717, 1.165) is 0 Å². The minimum Gasteiger partial charge on any atom is -0.508 e. The van der Waals surface area contributed by atoms with Gasteiger partial charge in [-0.1, -0.05) is 12.1 Å². The van der Waals surface area contributed by atoms with Crippen molar-refractivity contribution in [3.8, 4) is 5.75 Å². The lowest BCUT2D eigenvalue weighted by Gasteiger charge is -2.40. The van der Waals surface area contributed by atoms with Gasteiger partial charge in [0.1, 0.15) is 36.3 Å². The second kappa shape index (κ2) is 5.21. The van der Waals surface area contributed by atoms with Gasteiger partial charge in [-0.15, -0.1) is 0 Å². The van der Waals surface area contributed by atoms with E-state index in [2.05, 4.69) is 0 Å². The fourth-order valence-electron chi connectivity index (χ4n) is 2.04. The van der Waals surface area contributed by atoms with E-state index in [0.29, 0.717) is 5.56 Å². The Bertz CT molecular complexity index is 390. The first-order valence-electron chi connectivity index (χ1n) is 5.64. The molecule has 0 spiro atoms. The predicted molar refractivity (Wildman–Crippen MR) is 60.8 cm³/mol. The molecule has 1 saturated heterocycles. The van der Waals surface area contributed by atoms with E-state index in [4.69, 9.17) is 9.84 Å². The number of aliphatic hydroxyl groups excluding tert-OH is 4. The second-order valence-corrected chi connectivity index (χ2v) is 4.34.